The molecule has 1 unspecified atom stereocenters. The minimum absolute atomic E-state index is 0.213. The fraction of sp³-hybridized carbons (Fsp3) is 0.588. The first-order valence-corrected chi connectivity index (χ1v) is 14.7. The summed E-state index contributed by atoms with van der Waals surface area (Å²) in [7, 11) is 0. The van der Waals surface area contributed by atoms with Crippen molar-refractivity contribution in [2.24, 2.45) is 17.8 Å². The lowest BCUT2D eigenvalue weighted by molar-refractivity contribution is 0.0483. The summed E-state index contributed by atoms with van der Waals surface area (Å²) in [6, 6.07) is 16.5. The second-order valence-electron chi connectivity index (χ2n) is 11.4. The van der Waals surface area contributed by atoms with E-state index in [0.29, 0.717) is 23.7 Å². The maximum absolute atomic E-state index is 11.7. The van der Waals surface area contributed by atoms with Crippen molar-refractivity contribution in [2.75, 3.05) is 6.61 Å². The van der Waals surface area contributed by atoms with Gasteiger partial charge in [-0.15, -0.1) is 0 Å². The zero-order valence-corrected chi connectivity index (χ0v) is 24.6. The molecule has 0 aliphatic heterocycles. The maximum atomic E-state index is 11.7. The van der Waals surface area contributed by atoms with E-state index in [2.05, 4.69) is 34.6 Å². The lowest BCUT2D eigenvalue weighted by Crippen LogP contribution is -2.09. The van der Waals surface area contributed by atoms with Crippen LogP contribution >= 0.6 is 0 Å². The Hall–Kier alpha value is -2.62. The molecular weight excluding hydrogens is 472 g/mol. The van der Waals surface area contributed by atoms with Crippen molar-refractivity contribution >= 4 is 11.9 Å². The van der Waals surface area contributed by atoms with Gasteiger partial charge in [0.05, 0.1) is 17.7 Å². The van der Waals surface area contributed by atoms with E-state index in [-0.39, 0.29) is 5.97 Å². The molecule has 2 aromatic carbocycles. The molecule has 0 bridgehead atoms. The number of unbranched alkanes of at least 4 members (excludes halogenated alkanes) is 4. The van der Waals surface area contributed by atoms with Gasteiger partial charge in [0.1, 0.15) is 0 Å². The van der Waals surface area contributed by atoms with Gasteiger partial charge < -0.3 is 9.84 Å². The predicted octanol–water partition coefficient (Wildman–Crippen LogP) is 9.62. The Kier molecular flexibility index (Phi) is 17.9. The Balaban J connectivity index is 0.000000380. The third kappa shape index (κ3) is 16.3. The minimum Gasteiger partial charge on any atom is -0.478 e. The maximum Gasteiger partial charge on any atom is 0.338 e. The number of carboxylic acids is 1. The molecule has 4 nitrogen and oxygen atoms in total. The summed E-state index contributed by atoms with van der Waals surface area (Å²) in [5.74, 6) is 1.19. The standard InChI is InChI=1S/2C17H26O2/c1-14(2)8-7-9-15(3)12-13-19-17(18)16-10-5-4-6-11-16;1-14(2)10-6-4-3-5-7-11-15-12-8-9-13-16(15)17(18)19/h4-6,10-11,14-15H,7-9,12-13H2,1-3H3;8-9,12-14H,3-7,10-11H2,1-2H3,(H,18,19). The highest BCUT2D eigenvalue weighted by molar-refractivity contribution is 5.89. The lowest BCUT2D eigenvalue weighted by atomic mass is 9.98. The van der Waals surface area contributed by atoms with E-state index in [4.69, 9.17) is 9.84 Å². The first-order chi connectivity index (χ1) is 18.2. The number of carbonyl (C=O) groups is 2. The van der Waals surface area contributed by atoms with Crippen LogP contribution in [0.3, 0.4) is 0 Å². The van der Waals surface area contributed by atoms with Gasteiger partial charge in [0, 0.05) is 0 Å². The summed E-state index contributed by atoms with van der Waals surface area (Å²) in [6.07, 6.45) is 13.1. The largest absolute Gasteiger partial charge is 0.478 e. The van der Waals surface area contributed by atoms with Crippen molar-refractivity contribution in [1.29, 1.82) is 0 Å². The molecule has 0 saturated heterocycles. The summed E-state index contributed by atoms with van der Waals surface area (Å²) >= 11 is 0. The van der Waals surface area contributed by atoms with Crippen LogP contribution in [0, 0.1) is 17.8 Å². The Morgan fingerprint density at radius 2 is 1.26 bits per heavy atom. The molecule has 0 radical (unpaired) electrons. The monoisotopic (exact) mass is 524 g/mol. The number of carboxylic acid groups (broad SMARTS) is 1. The van der Waals surface area contributed by atoms with Crippen molar-refractivity contribution in [3.05, 3.63) is 71.3 Å². The first-order valence-electron chi connectivity index (χ1n) is 14.7. The number of esters is 1. The van der Waals surface area contributed by atoms with Crippen molar-refractivity contribution in [3.8, 4) is 0 Å². The molecule has 0 spiro atoms. The number of aryl methyl sites for hydroxylation is 1. The number of benzene rings is 2. The quantitative estimate of drug-likeness (QED) is 0.165. The zero-order chi connectivity index (χ0) is 28.2. The topological polar surface area (TPSA) is 63.6 Å². The third-order valence-electron chi connectivity index (χ3n) is 6.81. The van der Waals surface area contributed by atoms with Crippen molar-refractivity contribution in [3.63, 3.8) is 0 Å². The van der Waals surface area contributed by atoms with Gasteiger partial charge in [-0.05, 0) is 60.8 Å². The molecule has 2 rings (SSSR count). The van der Waals surface area contributed by atoms with Crippen molar-refractivity contribution in [2.45, 2.75) is 105 Å². The molecule has 4 heteroatoms. The minimum atomic E-state index is -0.812. The fourth-order valence-electron chi connectivity index (χ4n) is 4.37. The molecule has 1 atom stereocenters. The average Bonchev–Trinajstić information content (AvgIpc) is 2.88. The summed E-state index contributed by atoms with van der Waals surface area (Å²) in [5.41, 5.74) is 2.06. The van der Waals surface area contributed by atoms with E-state index < -0.39 is 5.97 Å². The molecule has 1 N–H and O–H groups in total. The van der Waals surface area contributed by atoms with Gasteiger partial charge >= 0.3 is 11.9 Å². The lowest BCUT2D eigenvalue weighted by Gasteiger charge is -2.12. The van der Waals surface area contributed by atoms with Gasteiger partial charge in [0.15, 0.2) is 0 Å². The molecule has 0 aromatic heterocycles. The molecule has 0 aliphatic carbocycles. The number of rotatable bonds is 17. The fourth-order valence-corrected chi connectivity index (χ4v) is 4.37. The Labute approximate surface area is 232 Å². The normalized spacial score (nSPS) is 11.7. The van der Waals surface area contributed by atoms with Gasteiger partial charge in [-0.25, -0.2) is 9.59 Å². The number of hydrogen-bond acceptors (Lipinski definition) is 3. The number of carbonyl (C=O) groups excluding carboxylic acids is 1. The Morgan fingerprint density at radius 1 is 0.684 bits per heavy atom. The second-order valence-corrected chi connectivity index (χ2v) is 11.4. The molecule has 38 heavy (non-hydrogen) atoms. The van der Waals surface area contributed by atoms with Gasteiger partial charge in [-0.1, -0.05) is 122 Å². The SMILES string of the molecule is CC(C)CCCC(C)CCOC(=O)c1ccccc1.CC(C)CCCCCCCc1ccccc1C(=O)O. The van der Waals surface area contributed by atoms with Crippen LogP contribution < -0.4 is 0 Å². The summed E-state index contributed by atoms with van der Waals surface area (Å²) in [4.78, 5) is 22.8. The van der Waals surface area contributed by atoms with Gasteiger partial charge in [-0.3, -0.25) is 0 Å². The second kappa shape index (κ2) is 20.4. The average molecular weight is 525 g/mol. The summed E-state index contributed by atoms with van der Waals surface area (Å²) < 4.78 is 5.29. The van der Waals surface area contributed by atoms with Crippen LogP contribution in [0.5, 0.6) is 0 Å². The Bertz CT molecular complexity index is 888. The van der Waals surface area contributed by atoms with Gasteiger partial charge in [0.25, 0.3) is 0 Å². The van der Waals surface area contributed by atoms with E-state index in [1.165, 1.54) is 51.4 Å². The Morgan fingerprint density at radius 3 is 1.92 bits per heavy atom. The predicted molar refractivity (Wildman–Crippen MR) is 159 cm³/mol. The van der Waals surface area contributed by atoms with Gasteiger partial charge in [0.2, 0.25) is 0 Å². The van der Waals surface area contributed by atoms with Crippen LogP contribution in [0.2, 0.25) is 0 Å². The van der Waals surface area contributed by atoms with E-state index >= 15 is 0 Å². The van der Waals surface area contributed by atoms with Crippen LogP contribution in [0.4, 0.5) is 0 Å². The first kappa shape index (κ1) is 33.4. The highest BCUT2D eigenvalue weighted by atomic mass is 16.5. The van der Waals surface area contributed by atoms with Crippen molar-refractivity contribution < 1.29 is 19.4 Å². The number of aromatic carboxylic acids is 1. The molecule has 212 valence electrons. The molecule has 0 heterocycles. The number of ether oxygens (including phenoxy) is 1. The molecule has 0 saturated carbocycles. The van der Waals surface area contributed by atoms with Crippen LogP contribution in [0.1, 0.15) is 125 Å². The van der Waals surface area contributed by atoms with Gasteiger partial charge in [-0.2, -0.15) is 0 Å². The molecule has 0 aliphatic rings. The summed E-state index contributed by atoms with van der Waals surface area (Å²) in [5, 5.41) is 9.09. The molecular formula is C34H52O4. The smallest absolute Gasteiger partial charge is 0.338 e. The van der Waals surface area contributed by atoms with E-state index in [1.807, 2.05) is 30.3 Å². The number of hydrogen-bond donors (Lipinski definition) is 1. The van der Waals surface area contributed by atoms with Crippen LogP contribution in [0.15, 0.2) is 54.6 Å². The molecule has 0 fully saturated rings. The summed E-state index contributed by atoms with van der Waals surface area (Å²) in [6.45, 7) is 11.8. The van der Waals surface area contributed by atoms with Crippen molar-refractivity contribution in [1.82, 2.24) is 0 Å². The van der Waals surface area contributed by atoms with Crippen LogP contribution in [0.25, 0.3) is 0 Å². The van der Waals surface area contributed by atoms with Crippen LogP contribution in [-0.4, -0.2) is 23.7 Å². The third-order valence-corrected chi connectivity index (χ3v) is 6.81. The van der Waals surface area contributed by atoms with Crippen LogP contribution in [-0.2, 0) is 11.2 Å². The highest BCUT2D eigenvalue weighted by Crippen LogP contribution is 2.16. The molecule has 0 amide bonds. The highest BCUT2D eigenvalue weighted by Gasteiger charge is 2.09. The molecule has 2 aromatic rings. The van der Waals surface area contributed by atoms with E-state index in [9.17, 15) is 9.59 Å². The zero-order valence-electron chi connectivity index (χ0n) is 24.6. The van der Waals surface area contributed by atoms with E-state index in [1.54, 1.807) is 24.3 Å². The van der Waals surface area contributed by atoms with E-state index in [0.717, 1.165) is 36.7 Å².